The van der Waals surface area contributed by atoms with E-state index in [2.05, 4.69) is 0 Å². The highest BCUT2D eigenvalue weighted by Gasteiger charge is 2.64. The molecule has 0 saturated heterocycles. The van der Waals surface area contributed by atoms with Crippen LogP contribution in [0.5, 0.6) is 11.5 Å². The van der Waals surface area contributed by atoms with Crippen LogP contribution in [0.3, 0.4) is 0 Å². The van der Waals surface area contributed by atoms with E-state index in [0.29, 0.717) is 0 Å². The van der Waals surface area contributed by atoms with E-state index in [0.717, 1.165) is 24.3 Å². The van der Waals surface area contributed by atoms with E-state index in [-0.39, 0.29) is 28.8 Å². The van der Waals surface area contributed by atoms with Gasteiger partial charge in [-0.15, -0.1) is 0 Å². The summed E-state index contributed by atoms with van der Waals surface area (Å²) < 4.78 is 72.8. The molecule has 0 N–H and O–H groups in total. The number of thioether (sulfide) groups is 1. The summed E-state index contributed by atoms with van der Waals surface area (Å²) in [7, 11) is 0. The van der Waals surface area contributed by atoms with E-state index >= 15 is 0 Å². The molecule has 0 spiro atoms. The average molecular weight is 378 g/mol. The van der Waals surface area contributed by atoms with Gasteiger partial charge in [0.15, 0.2) is 0 Å². The van der Waals surface area contributed by atoms with Crippen molar-refractivity contribution in [3.05, 3.63) is 52.3 Å². The Morgan fingerprint density at radius 3 is 2.50 bits per heavy atom. The molecule has 3 rings (SSSR count). The van der Waals surface area contributed by atoms with Gasteiger partial charge >= 0.3 is 11.2 Å². The monoisotopic (exact) mass is 377 g/mol. The molecule has 1 aliphatic rings. The molecule has 0 atom stereocenters. The highest BCUT2D eigenvalue weighted by atomic mass is 35.5. The van der Waals surface area contributed by atoms with Crippen molar-refractivity contribution in [1.82, 2.24) is 0 Å². The fourth-order valence-corrected chi connectivity index (χ4v) is 3.44. The van der Waals surface area contributed by atoms with Gasteiger partial charge in [-0.05, 0) is 36.0 Å². The molecule has 2 aromatic carbocycles. The van der Waals surface area contributed by atoms with Crippen LogP contribution in [0.1, 0.15) is 11.1 Å². The molecule has 0 unspecified atom stereocenters. The smallest absolute Gasteiger partial charge is 0.364 e. The summed E-state index contributed by atoms with van der Waals surface area (Å²) in [6.45, 7) is 0. The van der Waals surface area contributed by atoms with Gasteiger partial charge in [-0.25, -0.2) is 4.39 Å². The van der Waals surface area contributed by atoms with Gasteiger partial charge in [-0.3, -0.25) is 0 Å². The third-order valence-electron chi connectivity index (χ3n) is 3.22. The number of fused-ring (bicyclic) bond motifs is 1. The van der Waals surface area contributed by atoms with Crippen molar-refractivity contribution in [2.75, 3.05) is 0 Å². The predicted octanol–water partition coefficient (Wildman–Crippen LogP) is 5.93. The van der Waals surface area contributed by atoms with Gasteiger partial charge in [0.25, 0.3) is 0 Å². The second-order valence-electron chi connectivity index (χ2n) is 4.84. The maximum atomic E-state index is 13.6. The molecule has 0 aromatic heterocycles. The SMILES string of the molecule is N#Cc1cc(F)cc(Oc2ccc3c(c2Cl)SC(F)(F)C3(F)F)c1. The molecule has 0 radical (unpaired) electrons. The number of hydrogen-bond acceptors (Lipinski definition) is 3. The molecule has 1 heterocycles. The van der Waals surface area contributed by atoms with Gasteiger partial charge in [0.2, 0.25) is 0 Å². The van der Waals surface area contributed by atoms with E-state index in [4.69, 9.17) is 21.6 Å². The zero-order chi connectivity index (χ0) is 17.7. The topological polar surface area (TPSA) is 33.0 Å². The number of hydrogen-bond donors (Lipinski definition) is 0. The zero-order valence-corrected chi connectivity index (χ0v) is 13.0. The highest BCUT2D eigenvalue weighted by molar-refractivity contribution is 8.00. The van der Waals surface area contributed by atoms with Crippen LogP contribution < -0.4 is 4.74 Å². The number of rotatable bonds is 2. The number of ether oxygens (including phenoxy) is 1. The molecule has 0 saturated carbocycles. The summed E-state index contributed by atoms with van der Waals surface area (Å²) in [5, 5.41) is 4.02. The molecule has 0 bridgehead atoms. The van der Waals surface area contributed by atoms with Crippen LogP contribution in [0.4, 0.5) is 22.0 Å². The third-order valence-corrected chi connectivity index (χ3v) is 4.85. The van der Waals surface area contributed by atoms with Crippen LogP contribution in [0, 0.1) is 17.1 Å². The summed E-state index contributed by atoms with van der Waals surface area (Å²) in [4.78, 5) is -0.499. The summed E-state index contributed by atoms with van der Waals surface area (Å²) in [5.74, 6) is -5.43. The molecule has 9 heteroatoms. The molecule has 0 fully saturated rings. The van der Waals surface area contributed by atoms with Crippen LogP contribution >= 0.6 is 23.4 Å². The minimum Gasteiger partial charge on any atom is -0.456 e. The van der Waals surface area contributed by atoms with Crippen LogP contribution in [0.2, 0.25) is 5.02 Å². The van der Waals surface area contributed by atoms with Gasteiger partial charge < -0.3 is 4.74 Å². The first-order valence-corrected chi connectivity index (χ1v) is 7.51. The summed E-state index contributed by atoms with van der Waals surface area (Å²) >= 11 is 5.54. The molecule has 24 heavy (non-hydrogen) atoms. The number of halogens is 6. The van der Waals surface area contributed by atoms with Gasteiger partial charge in [0.1, 0.15) is 17.3 Å². The summed E-state index contributed by atoms with van der Waals surface area (Å²) in [5.41, 5.74) is -0.929. The Labute approximate surface area is 141 Å². The lowest BCUT2D eigenvalue weighted by Crippen LogP contribution is -2.29. The van der Waals surface area contributed by atoms with Crippen molar-refractivity contribution in [2.45, 2.75) is 16.1 Å². The molecule has 2 aromatic rings. The number of alkyl halides is 4. The standard InChI is InChI=1S/C15H5ClF5NOS/c16-12-11(23-9-4-7(6-22)3-8(17)5-9)2-1-10-13(12)24-15(20,21)14(10,18)19/h1-5H. The Kier molecular flexibility index (Phi) is 3.89. The van der Waals surface area contributed by atoms with Crippen molar-refractivity contribution in [2.24, 2.45) is 0 Å². The lowest BCUT2D eigenvalue weighted by Gasteiger charge is -2.17. The number of nitrogens with zero attached hydrogens (tertiary/aromatic N) is 1. The van der Waals surface area contributed by atoms with Crippen LogP contribution in [-0.4, -0.2) is 5.25 Å². The summed E-state index contributed by atoms with van der Waals surface area (Å²) in [6.07, 6.45) is 0. The average Bonchev–Trinajstić information content (AvgIpc) is 2.68. The van der Waals surface area contributed by atoms with Crippen molar-refractivity contribution >= 4 is 23.4 Å². The second-order valence-corrected chi connectivity index (χ2v) is 6.34. The normalized spacial score (nSPS) is 17.2. The van der Waals surface area contributed by atoms with Crippen LogP contribution in [0.25, 0.3) is 0 Å². The van der Waals surface area contributed by atoms with E-state index in [9.17, 15) is 22.0 Å². The third kappa shape index (κ3) is 2.58. The van der Waals surface area contributed by atoms with Crippen molar-refractivity contribution in [3.63, 3.8) is 0 Å². The molecule has 1 aliphatic heterocycles. The maximum Gasteiger partial charge on any atom is 0.364 e. The largest absolute Gasteiger partial charge is 0.456 e. The number of benzene rings is 2. The van der Waals surface area contributed by atoms with E-state index in [1.54, 1.807) is 6.07 Å². The fraction of sp³-hybridized carbons (Fsp3) is 0.133. The first-order valence-electron chi connectivity index (χ1n) is 6.32. The van der Waals surface area contributed by atoms with E-state index < -0.39 is 32.5 Å². The van der Waals surface area contributed by atoms with Gasteiger partial charge in [-0.1, -0.05) is 11.6 Å². The molecule has 0 aliphatic carbocycles. The van der Waals surface area contributed by atoms with Crippen molar-refractivity contribution < 1.29 is 26.7 Å². The van der Waals surface area contributed by atoms with Crippen LogP contribution in [-0.2, 0) is 5.92 Å². The first kappa shape index (κ1) is 16.9. The molecular formula is C15H5ClF5NOS. The molecular weight excluding hydrogens is 373 g/mol. The minimum atomic E-state index is -4.36. The highest BCUT2D eigenvalue weighted by Crippen LogP contribution is 2.63. The number of nitriles is 1. The van der Waals surface area contributed by atoms with E-state index in [1.165, 1.54) is 6.07 Å². The molecule has 124 valence electrons. The quantitative estimate of drug-likeness (QED) is 0.608. The maximum absolute atomic E-state index is 13.6. The lowest BCUT2D eigenvalue weighted by molar-refractivity contribution is -0.154. The Morgan fingerprint density at radius 2 is 1.83 bits per heavy atom. The van der Waals surface area contributed by atoms with Crippen molar-refractivity contribution in [1.29, 1.82) is 5.26 Å². The Balaban J connectivity index is 2.02. The minimum absolute atomic E-state index is 0.0327. The Hall–Kier alpha value is -1.98. The molecule has 0 amide bonds. The first-order chi connectivity index (χ1) is 11.2. The van der Waals surface area contributed by atoms with Crippen molar-refractivity contribution in [3.8, 4) is 17.6 Å². The second kappa shape index (κ2) is 5.53. The zero-order valence-electron chi connectivity index (χ0n) is 11.4. The van der Waals surface area contributed by atoms with E-state index in [1.807, 2.05) is 0 Å². The Bertz CT molecular complexity index is 881. The van der Waals surface area contributed by atoms with Gasteiger partial charge in [-0.2, -0.15) is 22.8 Å². The predicted molar refractivity (Wildman–Crippen MR) is 77.3 cm³/mol. The molecule has 2 nitrogen and oxygen atoms in total. The van der Waals surface area contributed by atoms with Gasteiger partial charge in [0.05, 0.1) is 16.7 Å². The van der Waals surface area contributed by atoms with Crippen LogP contribution in [0.15, 0.2) is 35.2 Å². The lowest BCUT2D eigenvalue weighted by atomic mass is 10.1. The van der Waals surface area contributed by atoms with Gasteiger partial charge in [0, 0.05) is 16.5 Å². The summed E-state index contributed by atoms with van der Waals surface area (Å²) in [6, 6.07) is 6.61. The Morgan fingerprint density at radius 1 is 1.12 bits per heavy atom. The fourth-order valence-electron chi connectivity index (χ4n) is 2.13.